The summed E-state index contributed by atoms with van der Waals surface area (Å²) in [6, 6.07) is 26.6. The van der Waals surface area contributed by atoms with Gasteiger partial charge in [0.25, 0.3) is 0 Å². The lowest BCUT2D eigenvalue weighted by Crippen LogP contribution is -2.37. The molecule has 0 bridgehead atoms. The molecule has 0 spiro atoms. The molecule has 0 aliphatic heterocycles. The molecule has 0 saturated carbocycles. The number of nitrogens with zero attached hydrogens (tertiary/aromatic N) is 4. The van der Waals surface area contributed by atoms with Crippen molar-refractivity contribution in [1.29, 1.82) is 0 Å². The predicted molar refractivity (Wildman–Crippen MR) is 123 cm³/mol. The first kappa shape index (κ1) is 19.8. The van der Waals surface area contributed by atoms with Gasteiger partial charge in [-0.25, -0.2) is 15.0 Å². The van der Waals surface area contributed by atoms with Crippen LogP contribution < -0.4 is 9.47 Å². The first-order chi connectivity index (χ1) is 15.8. The molecule has 0 fully saturated rings. The lowest BCUT2D eigenvalue weighted by Gasteiger charge is -2.37. The summed E-state index contributed by atoms with van der Waals surface area (Å²) in [5.41, 5.74) is 3.92. The second-order valence-electron chi connectivity index (χ2n) is 7.38. The second kappa shape index (κ2) is 8.15. The third-order valence-corrected chi connectivity index (χ3v) is 5.78. The molecule has 6 heteroatoms. The minimum atomic E-state index is -0.733. The highest BCUT2D eigenvalue weighted by atomic mass is 16.5. The van der Waals surface area contributed by atoms with Crippen molar-refractivity contribution in [1.82, 2.24) is 19.5 Å². The van der Waals surface area contributed by atoms with E-state index in [-0.39, 0.29) is 0 Å². The molecule has 5 aromatic rings. The fraction of sp³-hybridized carbons (Fsp3) is 0.115. The zero-order chi connectivity index (χ0) is 22.0. The van der Waals surface area contributed by atoms with Crippen LogP contribution in [0.4, 0.5) is 0 Å². The summed E-state index contributed by atoms with van der Waals surface area (Å²) in [5.74, 6) is 1.59. The standard InChI is InChI=1S/C26H22N4O2/c1-31-22-12-8-20(9-13-22)26(19-6-4-3-5-7-19,21-10-14-23(32-2)15-11-21)30-18-29-24-16-27-17-28-25(24)30/h3-18H,1-2H3. The zero-order valence-electron chi connectivity index (χ0n) is 17.8. The van der Waals surface area contributed by atoms with Gasteiger partial charge >= 0.3 is 0 Å². The minimum Gasteiger partial charge on any atom is -0.497 e. The third kappa shape index (κ3) is 3.08. The first-order valence-corrected chi connectivity index (χ1v) is 10.3. The van der Waals surface area contributed by atoms with Crippen LogP contribution in [0, 0.1) is 0 Å². The number of methoxy groups -OCH3 is 2. The van der Waals surface area contributed by atoms with E-state index in [1.54, 1.807) is 26.7 Å². The number of hydrogen-bond acceptors (Lipinski definition) is 5. The molecular formula is C26H22N4O2. The van der Waals surface area contributed by atoms with Crippen molar-refractivity contribution in [2.75, 3.05) is 14.2 Å². The van der Waals surface area contributed by atoms with Gasteiger partial charge in [0, 0.05) is 0 Å². The summed E-state index contributed by atoms with van der Waals surface area (Å²) < 4.78 is 13.0. The monoisotopic (exact) mass is 422 g/mol. The van der Waals surface area contributed by atoms with Crippen molar-refractivity contribution < 1.29 is 9.47 Å². The van der Waals surface area contributed by atoms with Crippen LogP contribution in [0.5, 0.6) is 11.5 Å². The summed E-state index contributed by atoms with van der Waals surface area (Å²) in [6.07, 6.45) is 5.12. The Labute approximate surface area is 186 Å². The molecule has 0 saturated heterocycles. The molecular weight excluding hydrogens is 400 g/mol. The molecule has 3 aromatic carbocycles. The maximum absolute atomic E-state index is 5.43. The fourth-order valence-corrected chi connectivity index (χ4v) is 4.27. The number of imidazole rings is 1. The average Bonchev–Trinajstić information content (AvgIpc) is 3.30. The molecule has 0 N–H and O–H groups in total. The van der Waals surface area contributed by atoms with Gasteiger partial charge in [0.1, 0.15) is 28.9 Å². The minimum absolute atomic E-state index is 0.731. The SMILES string of the molecule is COc1ccc(C(c2ccccc2)(c2ccc(OC)cc2)n2cnc3cncnc32)cc1. The van der Waals surface area contributed by atoms with Gasteiger partial charge in [-0.15, -0.1) is 0 Å². The number of benzene rings is 3. The highest BCUT2D eigenvalue weighted by molar-refractivity contribution is 5.71. The maximum atomic E-state index is 5.43. The van der Waals surface area contributed by atoms with E-state index in [1.807, 2.05) is 48.8 Å². The van der Waals surface area contributed by atoms with E-state index in [4.69, 9.17) is 9.47 Å². The Morgan fingerprint density at radius 3 is 1.81 bits per heavy atom. The van der Waals surface area contributed by atoms with Crippen LogP contribution in [-0.4, -0.2) is 33.7 Å². The molecule has 2 heterocycles. The summed E-state index contributed by atoms with van der Waals surface area (Å²) >= 11 is 0. The highest BCUT2D eigenvalue weighted by Crippen LogP contribution is 2.43. The number of fused-ring (bicyclic) bond motifs is 1. The van der Waals surface area contributed by atoms with Crippen LogP contribution in [0.25, 0.3) is 11.2 Å². The molecule has 2 aromatic heterocycles. The Hall–Kier alpha value is -4.19. The maximum Gasteiger partial charge on any atom is 0.164 e. The second-order valence-corrected chi connectivity index (χ2v) is 7.38. The highest BCUT2D eigenvalue weighted by Gasteiger charge is 2.40. The van der Waals surface area contributed by atoms with Gasteiger partial charge < -0.3 is 9.47 Å². The van der Waals surface area contributed by atoms with Gasteiger partial charge in [-0.1, -0.05) is 54.6 Å². The number of hydrogen-bond donors (Lipinski definition) is 0. The van der Waals surface area contributed by atoms with Gasteiger partial charge in [0.2, 0.25) is 0 Å². The molecule has 32 heavy (non-hydrogen) atoms. The molecule has 0 amide bonds. The molecule has 158 valence electrons. The normalized spacial score (nSPS) is 11.4. The van der Waals surface area contributed by atoms with E-state index in [1.165, 1.54) is 0 Å². The molecule has 5 rings (SSSR count). The zero-order valence-corrected chi connectivity index (χ0v) is 17.8. The topological polar surface area (TPSA) is 62.1 Å². The summed E-state index contributed by atoms with van der Waals surface area (Å²) in [6.45, 7) is 0. The van der Waals surface area contributed by atoms with Crippen LogP contribution in [0.1, 0.15) is 16.7 Å². The van der Waals surface area contributed by atoms with E-state index in [9.17, 15) is 0 Å². The van der Waals surface area contributed by atoms with Gasteiger partial charge in [-0.2, -0.15) is 0 Å². The molecule has 6 nitrogen and oxygen atoms in total. The Balaban J connectivity index is 1.90. The lowest BCUT2D eigenvalue weighted by atomic mass is 9.76. The summed E-state index contributed by atoms with van der Waals surface area (Å²) in [7, 11) is 3.34. The Morgan fingerprint density at radius 1 is 0.688 bits per heavy atom. The predicted octanol–water partition coefficient (Wildman–Crippen LogP) is 4.68. The molecule has 0 atom stereocenters. The quantitative estimate of drug-likeness (QED) is 0.372. The van der Waals surface area contributed by atoms with Crippen LogP contribution >= 0.6 is 0 Å². The molecule has 0 aliphatic carbocycles. The fourth-order valence-electron chi connectivity index (χ4n) is 4.27. The smallest absolute Gasteiger partial charge is 0.164 e. The largest absolute Gasteiger partial charge is 0.497 e. The number of ether oxygens (including phenoxy) is 2. The van der Waals surface area contributed by atoms with E-state index in [0.29, 0.717) is 0 Å². The summed E-state index contributed by atoms with van der Waals surface area (Å²) in [4.78, 5) is 13.4. The summed E-state index contributed by atoms with van der Waals surface area (Å²) in [5, 5.41) is 0. The van der Waals surface area contributed by atoms with Crippen molar-refractivity contribution >= 4 is 11.2 Å². The van der Waals surface area contributed by atoms with Gasteiger partial charge in [-0.3, -0.25) is 4.57 Å². The van der Waals surface area contributed by atoms with Gasteiger partial charge in [-0.05, 0) is 41.0 Å². The van der Waals surface area contributed by atoms with E-state index in [0.717, 1.165) is 39.4 Å². The molecule has 0 unspecified atom stereocenters. The Kier molecular flexibility index (Phi) is 5.03. The van der Waals surface area contributed by atoms with E-state index < -0.39 is 5.54 Å². The van der Waals surface area contributed by atoms with E-state index in [2.05, 4.69) is 55.9 Å². The third-order valence-electron chi connectivity index (χ3n) is 5.78. The lowest BCUT2D eigenvalue weighted by molar-refractivity contribution is 0.413. The van der Waals surface area contributed by atoms with Crippen LogP contribution in [-0.2, 0) is 5.54 Å². The number of rotatable bonds is 6. The van der Waals surface area contributed by atoms with Crippen molar-refractivity contribution in [2.45, 2.75) is 5.54 Å². The van der Waals surface area contributed by atoms with Crippen molar-refractivity contribution in [3.05, 3.63) is 114 Å². The van der Waals surface area contributed by atoms with Crippen molar-refractivity contribution in [2.24, 2.45) is 0 Å². The van der Waals surface area contributed by atoms with Gasteiger partial charge in [0.15, 0.2) is 5.65 Å². The van der Waals surface area contributed by atoms with Gasteiger partial charge in [0.05, 0.1) is 26.7 Å². The van der Waals surface area contributed by atoms with Crippen LogP contribution in [0.3, 0.4) is 0 Å². The van der Waals surface area contributed by atoms with E-state index >= 15 is 0 Å². The molecule has 0 radical (unpaired) electrons. The Morgan fingerprint density at radius 2 is 1.25 bits per heavy atom. The van der Waals surface area contributed by atoms with Crippen LogP contribution in [0.15, 0.2) is 97.7 Å². The van der Waals surface area contributed by atoms with Crippen LogP contribution in [0.2, 0.25) is 0 Å². The average molecular weight is 422 g/mol. The number of aromatic nitrogens is 4. The molecule has 0 aliphatic rings. The Bertz CT molecular complexity index is 1280. The first-order valence-electron chi connectivity index (χ1n) is 10.3. The van der Waals surface area contributed by atoms with Crippen molar-refractivity contribution in [3.63, 3.8) is 0 Å². The van der Waals surface area contributed by atoms with Crippen molar-refractivity contribution in [3.8, 4) is 11.5 Å².